The van der Waals surface area contributed by atoms with Crippen LogP contribution in [0.15, 0.2) is 186 Å². The predicted octanol–water partition coefficient (Wildman–Crippen LogP) is 13.1. The number of furan rings is 1. The van der Waals surface area contributed by atoms with Gasteiger partial charge in [0.25, 0.3) is 0 Å². The highest BCUT2D eigenvalue weighted by Gasteiger charge is 2.23. The van der Waals surface area contributed by atoms with Gasteiger partial charge >= 0.3 is 0 Å². The second-order valence-corrected chi connectivity index (χ2v) is 13.3. The molecule has 3 nitrogen and oxygen atoms in total. The largest absolute Gasteiger partial charge is 0.452 e. The van der Waals surface area contributed by atoms with Gasteiger partial charge in [0.1, 0.15) is 0 Å². The Morgan fingerprint density at radius 3 is 1.08 bits per heavy atom. The number of aromatic nitrogens is 2. The maximum Gasteiger partial charge on any atom is 0.160 e. The highest BCUT2D eigenvalue weighted by molar-refractivity contribution is 6.26. The quantitative estimate of drug-likeness (QED) is 0.186. The third kappa shape index (κ3) is 4.12. The summed E-state index contributed by atoms with van der Waals surface area (Å²) >= 11 is 0. The van der Waals surface area contributed by atoms with Gasteiger partial charge < -0.3 is 13.6 Å². The third-order valence-corrected chi connectivity index (χ3v) is 10.5. The fraction of sp³-hybridized carbons (Fsp3) is 0. The van der Waals surface area contributed by atoms with E-state index in [1.807, 2.05) is 0 Å². The Morgan fingerprint density at radius 1 is 0.294 bits per heavy atom. The Bertz CT molecular complexity index is 2890. The zero-order chi connectivity index (χ0) is 33.5. The van der Waals surface area contributed by atoms with Gasteiger partial charge in [0, 0.05) is 43.7 Å². The first-order valence-corrected chi connectivity index (χ1v) is 17.4. The van der Waals surface area contributed by atoms with E-state index >= 15 is 0 Å². The number of benzene rings is 8. The molecular formula is C48H30N2O. The summed E-state index contributed by atoms with van der Waals surface area (Å²) in [6.45, 7) is 0. The number of fused-ring (bicyclic) bond motifs is 11. The van der Waals surface area contributed by atoms with E-state index in [1.54, 1.807) is 0 Å². The molecule has 8 aromatic carbocycles. The van der Waals surface area contributed by atoms with Gasteiger partial charge in [-0.05, 0) is 82.9 Å². The van der Waals surface area contributed by atoms with Crippen molar-refractivity contribution in [3.63, 3.8) is 0 Å². The first-order chi connectivity index (χ1) is 25.3. The van der Waals surface area contributed by atoms with Crippen LogP contribution in [-0.4, -0.2) is 9.13 Å². The maximum absolute atomic E-state index is 7.25. The normalized spacial score (nSPS) is 11.9. The van der Waals surface area contributed by atoms with Crippen LogP contribution < -0.4 is 0 Å². The second kappa shape index (κ2) is 10.8. The van der Waals surface area contributed by atoms with Crippen LogP contribution in [0.4, 0.5) is 0 Å². The van der Waals surface area contributed by atoms with Crippen molar-refractivity contribution in [1.29, 1.82) is 0 Å². The lowest BCUT2D eigenvalue weighted by atomic mass is 10.0. The van der Waals surface area contributed by atoms with Crippen LogP contribution in [0.2, 0.25) is 0 Å². The van der Waals surface area contributed by atoms with E-state index in [2.05, 4.69) is 191 Å². The van der Waals surface area contributed by atoms with Gasteiger partial charge in [-0.1, -0.05) is 121 Å². The molecule has 0 aliphatic rings. The highest BCUT2D eigenvalue weighted by atomic mass is 16.3. The predicted molar refractivity (Wildman–Crippen MR) is 213 cm³/mol. The lowest BCUT2D eigenvalue weighted by Crippen LogP contribution is -1.93. The van der Waals surface area contributed by atoms with E-state index in [4.69, 9.17) is 4.42 Å². The molecule has 0 saturated heterocycles. The third-order valence-electron chi connectivity index (χ3n) is 10.5. The van der Waals surface area contributed by atoms with Crippen LogP contribution in [-0.2, 0) is 0 Å². The van der Waals surface area contributed by atoms with Gasteiger partial charge in [0.05, 0.1) is 22.1 Å². The first-order valence-electron chi connectivity index (χ1n) is 17.4. The molecular weight excluding hydrogens is 621 g/mol. The van der Waals surface area contributed by atoms with Crippen molar-refractivity contribution in [2.24, 2.45) is 0 Å². The van der Waals surface area contributed by atoms with Gasteiger partial charge in [-0.3, -0.25) is 0 Å². The van der Waals surface area contributed by atoms with Crippen molar-refractivity contribution < 1.29 is 4.42 Å². The molecule has 3 heteroatoms. The summed E-state index contributed by atoms with van der Waals surface area (Å²) < 4.78 is 12.0. The summed E-state index contributed by atoms with van der Waals surface area (Å²) in [7, 11) is 0. The number of hydrogen-bond acceptors (Lipinski definition) is 1. The summed E-state index contributed by atoms with van der Waals surface area (Å²) in [4.78, 5) is 0. The van der Waals surface area contributed by atoms with Crippen molar-refractivity contribution >= 4 is 65.6 Å². The van der Waals surface area contributed by atoms with Crippen molar-refractivity contribution in [2.75, 3.05) is 0 Å². The van der Waals surface area contributed by atoms with E-state index in [0.29, 0.717) is 0 Å². The number of hydrogen-bond donors (Lipinski definition) is 0. The molecule has 0 aliphatic heterocycles. The molecule has 11 rings (SSSR count). The molecule has 0 amide bonds. The fourth-order valence-corrected chi connectivity index (χ4v) is 8.20. The lowest BCUT2D eigenvalue weighted by Gasteiger charge is -2.08. The number of rotatable bonds is 4. The van der Waals surface area contributed by atoms with Crippen molar-refractivity contribution in [3.8, 4) is 33.6 Å². The average molecular weight is 651 g/mol. The van der Waals surface area contributed by atoms with Crippen molar-refractivity contribution in [3.05, 3.63) is 182 Å². The average Bonchev–Trinajstić information content (AvgIpc) is 3.86. The zero-order valence-corrected chi connectivity index (χ0v) is 27.6. The topological polar surface area (TPSA) is 23.0 Å². The molecule has 0 unspecified atom stereocenters. The zero-order valence-electron chi connectivity index (χ0n) is 27.6. The SMILES string of the molecule is c1ccc(-c2ccc3c(c2)c2ccc4c5ccc6c7cc(-c8ccccc8)ccc7n(-c7ccccc7)c6c5oc4c2n3-c2ccccc2)cc1. The van der Waals surface area contributed by atoms with Crippen LogP contribution in [0.1, 0.15) is 0 Å². The highest BCUT2D eigenvalue weighted by Crippen LogP contribution is 2.45. The molecule has 0 saturated carbocycles. The van der Waals surface area contributed by atoms with E-state index in [0.717, 1.165) is 55.4 Å². The molecule has 51 heavy (non-hydrogen) atoms. The van der Waals surface area contributed by atoms with E-state index < -0.39 is 0 Å². The fourth-order valence-electron chi connectivity index (χ4n) is 8.20. The van der Waals surface area contributed by atoms with Crippen LogP contribution in [0.3, 0.4) is 0 Å². The summed E-state index contributed by atoms with van der Waals surface area (Å²) in [6.07, 6.45) is 0. The summed E-state index contributed by atoms with van der Waals surface area (Å²) in [5.41, 5.74) is 13.3. The van der Waals surface area contributed by atoms with Crippen molar-refractivity contribution in [1.82, 2.24) is 9.13 Å². The van der Waals surface area contributed by atoms with Crippen LogP contribution >= 0.6 is 0 Å². The lowest BCUT2D eigenvalue weighted by molar-refractivity contribution is 0.673. The molecule has 11 aromatic rings. The summed E-state index contributed by atoms with van der Waals surface area (Å²) in [5, 5.41) is 6.97. The molecule has 0 radical (unpaired) electrons. The minimum Gasteiger partial charge on any atom is -0.452 e. The Kier molecular flexibility index (Phi) is 5.96. The van der Waals surface area contributed by atoms with E-state index in [1.165, 1.54) is 43.8 Å². The molecule has 0 spiro atoms. The minimum absolute atomic E-state index is 0.895. The molecule has 3 heterocycles. The molecule has 0 N–H and O–H groups in total. The minimum atomic E-state index is 0.895. The van der Waals surface area contributed by atoms with Crippen LogP contribution in [0.5, 0.6) is 0 Å². The van der Waals surface area contributed by atoms with Gasteiger partial charge in [0.2, 0.25) is 0 Å². The van der Waals surface area contributed by atoms with E-state index in [9.17, 15) is 0 Å². The molecule has 0 fully saturated rings. The molecule has 238 valence electrons. The van der Waals surface area contributed by atoms with Gasteiger partial charge in [-0.15, -0.1) is 0 Å². The molecule has 0 aliphatic carbocycles. The maximum atomic E-state index is 7.25. The number of para-hydroxylation sites is 2. The second-order valence-electron chi connectivity index (χ2n) is 13.3. The summed E-state index contributed by atoms with van der Waals surface area (Å²) in [5.74, 6) is 0. The van der Waals surface area contributed by atoms with Gasteiger partial charge in [0.15, 0.2) is 11.2 Å². The number of nitrogens with zero attached hydrogens (tertiary/aromatic N) is 2. The van der Waals surface area contributed by atoms with Gasteiger partial charge in [-0.25, -0.2) is 0 Å². The summed E-state index contributed by atoms with van der Waals surface area (Å²) in [6, 6.07) is 65.3. The standard InChI is InChI=1S/C48H30N2O/c1-5-13-31(14-6-1)33-21-27-43-41(29-33)37-23-25-39-40-26-24-38-42-30-34(32-15-7-2-8-16-32)22-28-44(42)50(36-19-11-4-12-20-36)46(38)48(40)51-47(39)45(37)49(43)35-17-9-3-10-18-35/h1-30H. The Morgan fingerprint density at radius 2 is 0.667 bits per heavy atom. The first kappa shape index (κ1) is 28.0. The molecule has 0 atom stereocenters. The van der Waals surface area contributed by atoms with E-state index in [-0.39, 0.29) is 0 Å². The molecule has 3 aromatic heterocycles. The van der Waals surface area contributed by atoms with Gasteiger partial charge in [-0.2, -0.15) is 0 Å². The Labute approximate surface area is 293 Å². The Balaban J connectivity index is 1.27. The molecule has 0 bridgehead atoms. The van der Waals surface area contributed by atoms with Crippen LogP contribution in [0.25, 0.3) is 99.2 Å². The smallest absolute Gasteiger partial charge is 0.160 e. The monoisotopic (exact) mass is 650 g/mol. The van der Waals surface area contributed by atoms with Crippen LogP contribution in [0, 0.1) is 0 Å². The Hall–Kier alpha value is -6.84. The van der Waals surface area contributed by atoms with Crippen molar-refractivity contribution in [2.45, 2.75) is 0 Å².